The summed E-state index contributed by atoms with van der Waals surface area (Å²) in [7, 11) is 2.08. The molecule has 0 unspecified atom stereocenters. The number of nitrogens with two attached hydrogens (primary N) is 1. The van der Waals surface area contributed by atoms with Crippen molar-refractivity contribution in [2.75, 3.05) is 11.9 Å². The lowest BCUT2D eigenvalue weighted by molar-refractivity contribution is 0.507. The monoisotopic (exact) mass is 244 g/mol. The maximum Gasteiger partial charge on any atom is 0.122 e. The molecule has 0 aliphatic carbocycles. The zero-order valence-electron chi connectivity index (χ0n) is 11.2. The lowest BCUT2D eigenvalue weighted by Crippen LogP contribution is -2.17. The molecule has 3 heteroatoms. The van der Waals surface area contributed by atoms with Gasteiger partial charge in [-0.15, -0.1) is 0 Å². The normalized spacial score (nSPS) is 10.7. The Bertz CT molecular complexity index is 511. The second kappa shape index (κ2) is 5.27. The average Bonchev–Trinajstić information content (AvgIpc) is 2.75. The van der Waals surface area contributed by atoms with E-state index in [9.17, 15) is 0 Å². The molecule has 0 aliphatic heterocycles. The van der Waals surface area contributed by atoms with Gasteiger partial charge >= 0.3 is 0 Å². The third-order valence-corrected chi connectivity index (χ3v) is 3.08. The van der Waals surface area contributed by atoms with E-state index < -0.39 is 0 Å². The quantitative estimate of drug-likeness (QED) is 0.899. The molecule has 1 heterocycles. The number of anilines is 1. The van der Waals surface area contributed by atoms with Crippen molar-refractivity contribution in [3.63, 3.8) is 0 Å². The molecule has 0 saturated heterocycles. The average molecular weight is 244 g/mol. The van der Waals surface area contributed by atoms with Crippen LogP contribution >= 0.6 is 0 Å². The highest BCUT2D eigenvalue weighted by atomic mass is 16.3. The Balaban J connectivity index is 2.19. The Morgan fingerprint density at radius 3 is 2.44 bits per heavy atom. The SMILES string of the molecule is Cc1cc(C)cc(N(C)Cc2ccoc2CN)c1. The van der Waals surface area contributed by atoms with E-state index in [1.54, 1.807) is 6.26 Å². The van der Waals surface area contributed by atoms with Crippen LogP contribution < -0.4 is 10.6 Å². The van der Waals surface area contributed by atoms with Crippen LogP contribution in [0.4, 0.5) is 5.69 Å². The second-order valence-corrected chi connectivity index (χ2v) is 4.78. The lowest BCUT2D eigenvalue weighted by Gasteiger charge is -2.20. The fourth-order valence-corrected chi connectivity index (χ4v) is 2.20. The predicted molar refractivity (Wildman–Crippen MR) is 74.6 cm³/mol. The molecule has 0 atom stereocenters. The summed E-state index contributed by atoms with van der Waals surface area (Å²) in [4.78, 5) is 2.21. The van der Waals surface area contributed by atoms with Crippen molar-refractivity contribution in [1.29, 1.82) is 0 Å². The molecule has 0 aliphatic rings. The molecule has 18 heavy (non-hydrogen) atoms. The topological polar surface area (TPSA) is 42.4 Å². The van der Waals surface area contributed by atoms with E-state index in [0.717, 1.165) is 17.9 Å². The minimum absolute atomic E-state index is 0.447. The van der Waals surface area contributed by atoms with E-state index in [2.05, 4.69) is 44.0 Å². The minimum atomic E-state index is 0.447. The van der Waals surface area contributed by atoms with Crippen LogP contribution in [0, 0.1) is 13.8 Å². The van der Waals surface area contributed by atoms with Gasteiger partial charge in [0, 0.05) is 24.8 Å². The van der Waals surface area contributed by atoms with Gasteiger partial charge in [0.1, 0.15) is 5.76 Å². The van der Waals surface area contributed by atoms with Gasteiger partial charge in [0.15, 0.2) is 0 Å². The van der Waals surface area contributed by atoms with Gasteiger partial charge in [-0.25, -0.2) is 0 Å². The van der Waals surface area contributed by atoms with Gasteiger partial charge in [-0.1, -0.05) is 6.07 Å². The number of nitrogens with zero attached hydrogens (tertiary/aromatic N) is 1. The molecule has 0 fully saturated rings. The molecule has 96 valence electrons. The maximum atomic E-state index is 5.65. The number of hydrogen-bond donors (Lipinski definition) is 1. The predicted octanol–water partition coefficient (Wildman–Crippen LogP) is 2.99. The van der Waals surface area contributed by atoms with Crippen LogP contribution in [0.5, 0.6) is 0 Å². The van der Waals surface area contributed by atoms with Gasteiger partial charge < -0.3 is 15.1 Å². The fraction of sp³-hybridized carbons (Fsp3) is 0.333. The molecule has 0 bridgehead atoms. The molecule has 0 spiro atoms. The number of benzene rings is 1. The fourth-order valence-electron chi connectivity index (χ4n) is 2.20. The van der Waals surface area contributed by atoms with Crippen molar-refractivity contribution in [2.24, 2.45) is 5.73 Å². The summed E-state index contributed by atoms with van der Waals surface area (Å²) in [6.45, 7) is 5.50. The third-order valence-electron chi connectivity index (χ3n) is 3.08. The molecule has 1 aromatic carbocycles. The summed E-state index contributed by atoms with van der Waals surface area (Å²) < 4.78 is 5.35. The van der Waals surface area contributed by atoms with Gasteiger partial charge in [0.25, 0.3) is 0 Å². The minimum Gasteiger partial charge on any atom is -0.468 e. The van der Waals surface area contributed by atoms with Crippen molar-refractivity contribution >= 4 is 5.69 Å². The van der Waals surface area contributed by atoms with Crippen molar-refractivity contribution < 1.29 is 4.42 Å². The summed E-state index contributed by atoms with van der Waals surface area (Å²) >= 11 is 0. The van der Waals surface area contributed by atoms with Crippen LogP contribution in [-0.2, 0) is 13.1 Å². The molecule has 1 aromatic heterocycles. The largest absolute Gasteiger partial charge is 0.468 e. The van der Waals surface area contributed by atoms with E-state index in [-0.39, 0.29) is 0 Å². The molecule has 2 N–H and O–H groups in total. The van der Waals surface area contributed by atoms with Crippen molar-refractivity contribution in [3.8, 4) is 0 Å². The van der Waals surface area contributed by atoms with Crippen LogP contribution in [0.1, 0.15) is 22.5 Å². The summed E-state index contributed by atoms with van der Waals surface area (Å²) in [5, 5.41) is 0. The van der Waals surface area contributed by atoms with E-state index in [1.807, 2.05) is 6.07 Å². The summed E-state index contributed by atoms with van der Waals surface area (Å²) in [6.07, 6.45) is 1.70. The summed E-state index contributed by atoms with van der Waals surface area (Å²) in [5.74, 6) is 0.867. The number of rotatable bonds is 4. The molecular weight excluding hydrogens is 224 g/mol. The van der Waals surface area contributed by atoms with Gasteiger partial charge in [-0.2, -0.15) is 0 Å². The molecule has 0 saturated carbocycles. The first-order valence-corrected chi connectivity index (χ1v) is 6.15. The van der Waals surface area contributed by atoms with Gasteiger partial charge in [0.2, 0.25) is 0 Å². The van der Waals surface area contributed by atoms with E-state index >= 15 is 0 Å². The van der Waals surface area contributed by atoms with Gasteiger partial charge in [-0.3, -0.25) is 0 Å². The Morgan fingerprint density at radius 1 is 1.17 bits per heavy atom. The van der Waals surface area contributed by atoms with Crippen molar-refractivity contribution in [2.45, 2.75) is 26.9 Å². The highest BCUT2D eigenvalue weighted by molar-refractivity contribution is 5.50. The van der Waals surface area contributed by atoms with Crippen LogP contribution in [0.2, 0.25) is 0 Å². The molecular formula is C15H20N2O. The van der Waals surface area contributed by atoms with E-state index in [0.29, 0.717) is 6.54 Å². The van der Waals surface area contributed by atoms with Gasteiger partial charge in [0.05, 0.1) is 12.8 Å². The highest BCUT2D eigenvalue weighted by Crippen LogP contribution is 2.21. The summed E-state index contributed by atoms with van der Waals surface area (Å²) in [5.41, 5.74) is 10.6. The first-order valence-electron chi connectivity index (χ1n) is 6.15. The number of furan rings is 1. The Kier molecular flexibility index (Phi) is 3.72. The lowest BCUT2D eigenvalue weighted by atomic mass is 10.1. The van der Waals surface area contributed by atoms with Gasteiger partial charge in [-0.05, 0) is 43.2 Å². The Morgan fingerprint density at radius 2 is 1.83 bits per heavy atom. The zero-order chi connectivity index (χ0) is 13.1. The van der Waals surface area contributed by atoms with Crippen LogP contribution in [0.3, 0.4) is 0 Å². The summed E-state index contributed by atoms with van der Waals surface area (Å²) in [6, 6.07) is 8.55. The molecule has 2 aromatic rings. The van der Waals surface area contributed by atoms with Crippen molar-refractivity contribution in [3.05, 3.63) is 53.0 Å². The number of aryl methyl sites for hydroxylation is 2. The van der Waals surface area contributed by atoms with Crippen LogP contribution in [0.15, 0.2) is 34.9 Å². The molecule has 2 rings (SSSR count). The first-order chi connectivity index (χ1) is 8.60. The zero-order valence-corrected chi connectivity index (χ0v) is 11.2. The van der Waals surface area contributed by atoms with E-state index in [1.165, 1.54) is 16.8 Å². The van der Waals surface area contributed by atoms with E-state index in [4.69, 9.17) is 10.2 Å². The standard InChI is InChI=1S/C15H20N2O/c1-11-6-12(2)8-14(7-11)17(3)10-13-4-5-18-15(13)9-16/h4-8H,9-10,16H2,1-3H3. The Hall–Kier alpha value is -1.74. The molecule has 3 nitrogen and oxygen atoms in total. The number of hydrogen-bond acceptors (Lipinski definition) is 3. The van der Waals surface area contributed by atoms with Crippen molar-refractivity contribution in [1.82, 2.24) is 0 Å². The third kappa shape index (κ3) is 2.74. The Labute approximate surface area is 108 Å². The smallest absolute Gasteiger partial charge is 0.122 e. The second-order valence-electron chi connectivity index (χ2n) is 4.78. The molecule has 0 radical (unpaired) electrons. The maximum absolute atomic E-state index is 5.65. The first kappa shape index (κ1) is 12.7. The molecule has 0 amide bonds. The highest BCUT2D eigenvalue weighted by Gasteiger charge is 2.08. The van der Waals surface area contributed by atoms with Crippen LogP contribution in [-0.4, -0.2) is 7.05 Å². The van der Waals surface area contributed by atoms with Crippen LogP contribution in [0.25, 0.3) is 0 Å².